The van der Waals surface area contributed by atoms with Gasteiger partial charge in [-0.1, -0.05) is 13.8 Å². The van der Waals surface area contributed by atoms with E-state index in [0.29, 0.717) is 0 Å². The molecule has 0 atom stereocenters. The number of piperidine rings is 1. The zero-order chi connectivity index (χ0) is 9.26. The minimum absolute atomic E-state index is 0.916. The summed E-state index contributed by atoms with van der Waals surface area (Å²) in [5, 5.41) is 0. The monoisotopic (exact) mass is 182 g/mol. The van der Waals surface area contributed by atoms with Crippen LogP contribution in [-0.2, 0) is 0 Å². The van der Waals surface area contributed by atoms with Crippen molar-refractivity contribution >= 4 is 0 Å². The molecular formula is C11H22N2. The minimum Gasteiger partial charge on any atom is -0.303 e. The molecule has 2 aliphatic rings. The van der Waals surface area contributed by atoms with Crippen LogP contribution in [0.1, 0.15) is 26.7 Å². The minimum atomic E-state index is 0.916. The van der Waals surface area contributed by atoms with Crippen molar-refractivity contribution in [2.45, 2.75) is 32.7 Å². The lowest BCUT2D eigenvalue weighted by Crippen LogP contribution is -2.54. The van der Waals surface area contributed by atoms with Crippen LogP contribution < -0.4 is 0 Å². The lowest BCUT2D eigenvalue weighted by atomic mass is 9.94. The number of hydrogen-bond donors (Lipinski definition) is 0. The molecule has 2 heteroatoms. The molecule has 0 aromatic carbocycles. The van der Waals surface area contributed by atoms with Crippen LogP contribution in [0.3, 0.4) is 0 Å². The number of rotatable bonds is 2. The van der Waals surface area contributed by atoms with Crippen LogP contribution in [0.2, 0.25) is 0 Å². The van der Waals surface area contributed by atoms with Crippen LogP contribution in [0.4, 0.5) is 0 Å². The Bertz CT molecular complexity index is 155. The third-order valence-electron chi connectivity index (χ3n) is 3.61. The SMILES string of the molecule is CCN1CCC(N2CC(C)C2)CC1. The molecule has 2 saturated heterocycles. The Hall–Kier alpha value is -0.0800. The van der Waals surface area contributed by atoms with E-state index < -0.39 is 0 Å². The van der Waals surface area contributed by atoms with Gasteiger partial charge in [0.2, 0.25) is 0 Å². The van der Waals surface area contributed by atoms with Crippen LogP contribution in [0.25, 0.3) is 0 Å². The maximum absolute atomic E-state index is 2.68. The molecule has 0 aromatic rings. The van der Waals surface area contributed by atoms with Gasteiger partial charge in [0.25, 0.3) is 0 Å². The summed E-state index contributed by atoms with van der Waals surface area (Å²) in [5.41, 5.74) is 0. The molecule has 0 unspecified atom stereocenters. The third kappa shape index (κ3) is 2.05. The Labute approximate surface area is 81.9 Å². The zero-order valence-electron chi connectivity index (χ0n) is 9.00. The van der Waals surface area contributed by atoms with Crippen LogP contribution in [0.5, 0.6) is 0 Å². The first-order chi connectivity index (χ1) is 6.29. The normalized spacial score (nSPS) is 29.1. The van der Waals surface area contributed by atoms with Gasteiger partial charge in [0.1, 0.15) is 0 Å². The van der Waals surface area contributed by atoms with Gasteiger partial charge in [-0.3, -0.25) is 4.90 Å². The fraction of sp³-hybridized carbons (Fsp3) is 1.00. The summed E-state index contributed by atoms with van der Waals surface area (Å²) >= 11 is 0. The van der Waals surface area contributed by atoms with E-state index in [4.69, 9.17) is 0 Å². The first kappa shape index (κ1) is 9.47. The highest BCUT2D eigenvalue weighted by Gasteiger charge is 2.31. The molecule has 2 fully saturated rings. The van der Waals surface area contributed by atoms with Crippen molar-refractivity contribution in [1.29, 1.82) is 0 Å². The summed E-state index contributed by atoms with van der Waals surface area (Å²) in [5.74, 6) is 0.962. The number of nitrogens with zero attached hydrogens (tertiary/aromatic N) is 2. The Balaban J connectivity index is 1.72. The predicted molar refractivity (Wildman–Crippen MR) is 55.9 cm³/mol. The van der Waals surface area contributed by atoms with Gasteiger partial charge < -0.3 is 4.90 Å². The number of hydrogen-bond acceptors (Lipinski definition) is 2. The average Bonchev–Trinajstić information content (AvgIpc) is 2.13. The average molecular weight is 182 g/mol. The Kier molecular flexibility index (Phi) is 2.89. The summed E-state index contributed by atoms with van der Waals surface area (Å²) in [6.07, 6.45) is 2.81. The van der Waals surface area contributed by atoms with Gasteiger partial charge in [-0.15, -0.1) is 0 Å². The standard InChI is InChI=1S/C11H22N2/c1-3-12-6-4-11(5-7-12)13-8-10(2)9-13/h10-11H,3-9H2,1-2H3. The molecule has 2 aliphatic heterocycles. The van der Waals surface area contributed by atoms with Gasteiger partial charge in [-0.25, -0.2) is 0 Å². The second-order valence-corrected chi connectivity index (χ2v) is 4.72. The topological polar surface area (TPSA) is 6.48 Å². The van der Waals surface area contributed by atoms with Gasteiger partial charge in [-0.05, 0) is 38.4 Å². The van der Waals surface area contributed by atoms with Crippen molar-refractivity contribution in [3.63, 3.8) is 0 Å². The van der Waals surface area contributed by atoms with Crippen molar-refractivity contribution in [3.8, 4) is 0 Å². The predicted octanol–water partition coefficient (Wildman–Crippen LogP) is 1.42. The van der Waals surface area contributed by atoms with Crippen molar-refractivity contribution in [3.05, 3.63) is 0 Å². The molecule has 0 spiro atoms. The molecule has 0 aromatic heterocycles. The summed E-state index contributed by atoms with van der Waals surface area (Å²) in [7, 11) is 0. The van der Waals surface area contributed by atoms with Crippen molar-refractivity contribution in [2.75, 3.05) is 32.7 Å². The van der Waals surface area contributed by atoms with E-state index in [2.05, 4.69) is 23.6 Å². The van der Waals surface area contributed by atoms with E-state index in [1.807, 2.05) is 0 Å². The maximum Gasteiger partial charge on any atom is 0.0120 e. The van der Waals surface area contributed by atoms with E-state index in [1.54, 1.807) is 0 Å². The van der Waals surface area contributed by atoms with E-state index in [-0.39, 0.29) is 0 Å². The molecule has 2 nitrogen and oxygen atoms in total. The zero-order valence-corrected chi connectivity index (χ0v) is 9.00. The van der Waals surface area contributed by atoms with Gasteiger partial charge in [0.15, 0.2) is 0 Å². The first-order valence-corrected chi connectivity index (χ1v) is 5.76. The van der Waals surface area contributed by atoms with E-state index in [0.717, 1.165) is 12.0 Å². The lowest BCUT2D eigenvalue weighted by molar-refractivity contribution is 0.0275. The second-order valence-electron chi connectivity index (χ2n) is 4.72. The van der Waals surface area contributed by atoms with E-state index in [9.17, 15) is 0 Å². The fourth-order valence-corrected chi connectivity index (χ4v) is 2.65. The van der Waals surface area contributed by atoms with Crippen LogP contribution in [-0.4, -0.2) is 48.6 Å². The number of likely N-dealkylation sites (tertiary alicyclic amines) is 2. The smallest absolute Gasteiger partial charge is 0.0120 e. The Morgan fingerprint density at radius 3 is 2.23 bits per heavy atom. The highest BCUT2D eigenvalue weighted by atomic mass is 15.2. The van der Waals surface area contributed by atoms with Gasteiger partial charge >= 0.3 is 0 Å². The van der Waals surface area contributed by atoms with Gasteiger partial charge in [-0.2, -0.15) is 0 Å². The summed E-state index contributed by atoms with van der Waals surface area (Å²) in [6, 6.07) is 0.916. The quantitative estimate of drug-likeness (QED) is 0.637. The first-order valence-electron chi connectivity index (χ1n) is 5.76. The molecule has 0 aliphatic carbocycles. The second kappa shape index (κ2) is 3.97. The molecule has 13 heavy (non-hydrogen) atoms. The molecule has 76 valence electrons. The molecular weight excluding hydrogens is 160 g/mol. The third-order valence-corrected chi connectivity index (χ3v) is 3.61. The van der Waals surface area contributed by atoms with Crippen LogP contribution in [0.15, 0.2) is 0 Å². The van der Waals surface area contributed by atoms with E-state index >= 15 is 0 Å². The molecule has 0 N–H and O–H groups in total. The highest BCUT2D eigenvalue weighted by molar-refractivity contribution is 4.86. The summed E-state index contributed by atoms with van der Waals surface area (Å²) in [6.45, 7) is 11.2. The van der Waals surface area contributed by atoms with Crippen molar-refractivity contribution in [2.24, 2.45) is 5.92 Å². The molecule has 0 bridgehead atoms. The van der Waals surface area contributed by atoms with Gasteiger partial charge in [0, 0.05) is 19.1 Å². The van der Waals surface area contributed by atoms with Crippen molar-refractivity contribution in [1.82, 2.24) is 9.80 Å². The van der Waals surface area contributed by atoms with Gasteiger partial charge in [0.05, 0.1) is 0 Å². The summed E-state index contributed by atoms with van der Waals surface area (Å²) in [4.78, 5) is 5.25. The Morgan fingerprint density at radius 1 is 1.15 bits per heavy atom. The molecule has 0 saturated carbocycles. The fourth-order valence-electron chi connectivity index (χ4n) is 2.65. The molecule has 0 radical (unpaired) electrons. The van der Waals surface area contributed by atoms with Crippen LogP contribution in [0, 0.1) is 5.92 Å². The lowest BCUT2D eigenvalue weighted by Gasteiger charge is -2.46. The molecule has 2 heterocycles. The van der Waals surface area contributed by atoms with E-state index in [1.165, 1.54) is 45.6 Å². The highest BCUT2D eigenvalue weighted by Crippen LogP contribution is 2.24. The largest absolute Gasteiger partial charge is 0.303 e. The van der Waals surface area contributed by atoms with Crippen LogP contribution >= 0.6 is 0 Å². The summed E-state index contributed by atoms with van der Waals surface area (Å²) < 4.78 is 0. The molecule has 0 amide bonds. The Morgan fingerprint density at radius 2 is 1.77 bits per heavy atom. The maximum atomic E-state index is 2.68. The molecule has 2 rings (SSSR count). The van der Waals surface area contributed by atoms with Crippen molar-refractivity contribution < 1.29 is 0 Å².